The van der Waals surface area contributed by atoms with E-state index in [1.165, 1.54) is 11.3 Å². The Kier molecular flexibility index (Phi) is 4.65. The van der Waals surface area contributed by atoms with Gasteiger partial charge in [0.2, 0.25) is 0 Å². The zero-order chi connectivity index (χ0) is 17.9. The van der Waals surface area contributed by atoms with Crippen molar-refractivity contribution in [3.63, 3.8) is 0 Å². The Morgan fingerprint density at radius 1 is 1.08 bits per heavy atom. The van der Waals surface area contributed by atoms with Crippen molar-refractivity contribution < 1.29 is 4.79 Å². The second-order valence-electron chi connectivity index (χ2n) is 7.09. The van der Waals surface area contributed by atoms with Gasteiger partial charge in [-0.15, -0.1) is 0 Å². The smallest absolute Gasteiger partial charge is 0.319 e. The summed E-state index contributed by atoms with van der Waals surface area (Å²) >= 11 is 0. The molecule has 0 atom stereocenters. The summed E-state index contributed by atoms with van der Waals surface area (Å²) in [6.07, 6.45) is 3.90. The van der Waals surface area contributed by atoms with Crippen molar-refractivity contribution in [2.24, 2.45) is 0 Å². The number of anilines is 3. The number of pyridine rings is 1. The van der Waals surface area contributed by atoms with Gasteiger partial charge < -0.3 is 20.4 Å². The highest BCUT2D eigenvalue weighted by Gasteiger charge is 2.23. The third-order valence-corrected chi connectivity index (χ3v) is 4.89. The highest BCUT2D eigenvalue weighted by atomic mass is 16.2. The van der Waals surface area contributed by atoms with Crippen LogP contribution in [0, 0.1) is 6.92 Å². The lowest BCUT2D eigenvalue weighted by atomic mass is 10.2. The third kappa shape index (κ3) is 4.07. The molecule has 1 aliphatic carbocycles. The van der Waals surface area contributed by atoms with Crippen molar-refractivity contribution in [2.75, 3.05) is 41.3 Å². The van der Waals surface area contributed by atoms with Gasteiger partial charge in [-0.25, -0.2) is 9.78 Å². The molecule has 26 heavy (non-hydrogen) atoms. The topological polar surface area (TPSA) is 60.5 Å². The van der Waals surface area contributed by atoms with Gasteiger partial charge in [0, 0.05) is 37.9 Å². The molecule has 2 N–H and O–H groups in total. The maximum atomic E-state index is 11.8. The van der Waals surface area contributed by atoms with E-state index in [1.54, 1.807) is 6.20 Å². The monoisotopic (exact) mass is 351 g/mol. The number of piperazine rings is 1. The van der Waals surface area contributed by atoms with E-state index in [4.69, 9.17) is 0 Å². The summed E-state index contributed by atoms with van der Waals surface area (Å²) in [6.45, 7) is 5.97. The van der Waals surface area contributed by atoms with Crippen LogP contribution in [0.5, 0.6) is 0 Å². The van der Waals surface area contributed by atoms with E-state index >= 15 is 0 Å². The highest BCUT2D eigenvalue weighted by Crippen LogP contribution is 2.21. The molecule has 2 heterocycles. The van der Waals surface area contributed by atoms with Crippen molar-refractivity contribution >= 4 is 23.2 Å². The Morgan fingerprint density at radius 2 is 1.85 bits per heavy atom. The minimum absolute atomic E-state index is 0.145. The SMILES string of the molecule is Cc1cccc(N2CCN(c3ccc(NC(=O)NC4CC4)cn3)CC2)c1. The number of aryl methyl sites for hydroxylation is 1. The zero-order valence-corrected chi connectivity index (χ0v) is 15.1. The summed E-state index contributed by atoms with van der Waals surface area (Å²) < 4.78 is 0. The molecular weight excluding hydrogens is 326 g/mol. The standard InChI is InChI=1S/C20H25N5O/c1-15-3-2-4-18(13-15)24-9-11-25(12-10-24)19-8-7-17(14-21-19)23-20(26)22-16-5-6-16/h2-4,7-8,13-14,16H,5-6,9-12H2,1H3,(H2,22,23,26). The first-order valence-electron chi connectivity index (χ1n) is 9.27. The fraction of sp³-hybridized carbons (Fsp3) is 0.400. The molecule has 6 nitrogen and oxygen atoms in total. The molecule has 1 aromatic heterocycles. The number of nitrogens with one attached hydrogen (secondary N) is 2. The van der Waals surface area contributed by atoms with Crippen LogP contribution in [0.3, 0.4) is 0 Å². The molecule has 0 radical (unpaired) electrons. The molecule has 6 heteroatoms. The van der Waals surface area contributed by atoms with Crippen LogP contribution in [-0.2, 0) is 0 Å². The van der Waals surface area contributed by atoms with E-state index in [0.717, 1.165) is 50.5 Å². The Labute approximate surface area is 154 Å². The second-order valence-corrected chi connectivity index (χ2v) is 7.09. The molecule has 0 bridgehead atoms. The largest absolute Gasteiger partial charge is 0.368 e. The minimum atomic E-state index is -0.145. The van der Waals surface area contributed by atoms with E-state index in [2.05, 4.69) is 56.6 Å². The van der Waals surface area contributed by atoms with Crippen molar-refractivity contribution in [1.29, 1.82) is 0 Å². The molecule has 1 aliphatic heterocycles. The van der Waals surface area contributed by atoms with Crippen LogP contribution in [0.25, 0.3) is 0 Å². The second kappa shape index (κ2) is 7.23. The molecule has 1 saturated carbocycles. The Morgan fingerprint density at radius 3 is 2.50 bits per heavy atom. The van der Waals surface area contributed by atoms with Crippen LogP contribution >= 0.6 is 0 Å². The number of hydrogen-bond acceptors (Lipinski definition) is 4. The molecule has 1 aromatic carbocycles. The Hall–Kier alpha value is -2.76. The maximum absolute atomic E-state index is 11.8. The lowest BCUT2D eigenvalue weighted by Crippen LogP contribution is -2.46. The maximum Gasteiger partial charge on any atom is 0.319 e. The average Bonchev–Trinajstić information content (AvgIpc) is 3.46. The number of urea groups is 1. The Bertz CT molecular complexity index is 764. The fourth-order valence-corrected chi connectivity index (χ4v) is 3.25. The zero-order valence-electron chi connectivity index (χ0n) is 15.1. The van der Waals surface area contributed by atoms with Gasteiger partial charge in [-0.3, -0.25) is 0 Å². The van der Waals surface area contributed by atoms with E-state index in [0.29, 0.717) is 6.04 Å². The summed E-state index contributed by atoms with van der Waals surface area (Å²) in [5.74, 6) is 0.960. The van der Waals surface area contributed by atoms with Gasteiger partial charge in [-0.05, 0) is 49.6 Å². The molecule has 136 valence electrons. The quantitative estimate of drug-likeness (QED) is 0.889. The number of rotatable bonds is 4. The number of benzene rings is 1. The van der Waals surface area contributed by atoms with Crippen LogP contribution in [0.15, 0.2) is 42.6 Å². The number of aromatic nitrogens is 1. The first-order valence-corrected chi connectivity index (χ1v) is 9.27. The summed E-state index contributed by atoms with van der Waals surface area (Å²) in [5, 5.41) is 5.75. The average molecular weight is 351 g/mol. The van der Waals surface area contributed by atoms with Crippen molar-refractivity contribution in [3.05, 3.63) is 48.2 Å². The summed E-state index contributed by atoms with van der Waals surface area (Å²) in [5.41, 5.74) is 3.31. The molecule has 2 amide bonds. The number of carbonyl (C=O) groups excluding carboxylic acids is 1. The summed E-state index contributed by atoms with van der Waals surface area (Å²) in [7, 11) is 0. The minimum Gasteiger partial charge on any atom is -0.368 e. The highest BCUT2D eigenvalue weighted by molar-refractivity contribution is 5.89. The third-order valence-electron chi connectivity index (χ3n) is 4.89. The van der Waals surface area contributed by atoms with Gasteiger partial charge in [0.25, 0.3) is 0 Å². The number of hydrogen-bond donors (Lipinski definition) is 2. The molecule has 2 aliphatic rings. The summed E-state index contributed by atoms with van der Waals surface area (Å²) in [6, 6.07) is 12.8. The van der Waals surface area contributed by atoms with Crippen LogP contribution < -0.4 is 20.4 Å². The number of amides is 2. The normalized spacial score (nSPS) is 17.1. The predicted octanol–water partition coefficient (Wildman–Crippen LogP) is 3.00. The van der Waals surface area contributed by atoms with Crippen molar-refractivity contribution in [1.82, 2.24) is 10.3 Å². The van der Waals surface area contributed by atoms with Crippen LogP contribution in [0.1, 0.15) is 18.4 Å². The first kappa shape index (κ1) is 16.7. The molecular formula is C20H25N5O. The van der Waals surface area contributed by atoms with Crippen LogP contribution in [-0.4, -0.2) is 43.2 Å². The molecule has 2 fully saturated rings. The number of carbonyl (C=O) groups is 1. The van der Waals surface area contributed by atoms with E-state index in [9.17, 15) is 4.79 Å². The van der Waals surface area contributed by atoms with Crippen LogP contribution in [0.2, 0.25) is 0 Å². The van der Waals surface area contributed by atoms with Crippen LogP contribution in [0.4, 0.5) is 22.0 Å². The predicted molar refractivity (Wildman–Crippen MR) is 105 cm³/mol. The van der Waals surface area contributed by atoms with Gasteiger partial charge in [-0.1, -0.05) is 12.1 Å². The van der Waals surface area contributed by atoms with Gasteiger partial charge >= 0.3 is 6.03 Å². The van der Waals surface area contributed by atoms with E-state index in [-0.39, 0.29) is 6.03 Å². The molecule has 2 aromatic rings. The van der Waals surface area contributed by atoms with Crippen molar-refractivity contribution in [3.8, 4) is 0 Å². The van der Waals surface area contributed by atoms with Gasteiger partial charge in [0.1, 0.15) is 5.82 Å². The van der Waals surface area contributed by atoms with Gasteiger partial charge in [0.15, 0.2) is 0 Å². The molecule has 0 spiro atoms. The lowest BCUT2D eigenvalue weighted by Gasteiger charge is -2.36. The lowest BCUT2D eigenvalue weighted by molar-refractivity contribution is 0.251. The first-order chi connectivity index (χ1) is 12.7. The van der Waals surface area contributed by atoms with Gasteiger partial charge in [0.05, 0.1) is 11.9 Å². The van der Waals surface area contributed by atoms with Crippen molar-refractivity contribution in [2.45, 2.75) is 25.8 Å². The number of nitrogens with zero attached hydrogens (tertiary/aromatic N) is 3. The molecule has 1 saturated heterocycles. The van der Waals surface area contributed by atoms with E-state index < -0.39 is 0 Å². The molecule has 0 unspecified atom stereocenters. The Balaban J connectivity index is 1.31. The molecule has 4 rings (SSSR count). The van der Waals surface area contributed by atoms with E-state index in [1.807, 2.05) is 12.1 Å². The van der Waals surface area contributed by atoms with Gasteiger partial charge in [-0.2, -0.15) is 0 Å². The summed E-state index contributed by atoms with van der Waals surface area (Å²) in [4.78, 5) is 21.0. The fourth-order valence-electron chi connectivity index (χ4n) is 3.25.